The average Bonchev–Trinajstić information content (AvgIpc) is 3.08. The molecule has 0 saturated carbocycles. The number of carboxylic acids is 1. The third kappa shape index (κ3) is 3.14. The molecule has 2 N–H and O–H groups in total. The van der Waals surface area contributed by atoms with Gasteiger partial charge in [-0.15, -0.1) is 0 Å². The highest BCUT2D eigenvalue weighted by molar-refractivity contribution is 5.91. The van der Waals surface area contributed by atoms with Gasteiger partial charge in [0.1, 0.15) is 11.3 Å². The van der Waals surface area contributed by atoms with Crippen molar-refractivity contribution in [2.24, 2.45) is 0 Å². The molecule has 1 aliphatic heterocycles. The molecule has 0 unspecified atom stereocenters. The van der Waals surface area contributed by atoms with Gasteiger partial charge in [-0.3, -0.25) is 0 Å². The number of carbonyl (C=O) groups is 1. The summed E-state index contributed by atoms with van der Waals surface area (Å²) in [4.78, 5) is 11.3. The van der Waals surface area contributed by atoms with Crippen molar-refractivity contribution in [2.75, 3.05) is 13.9 Å². The van der Waals surface area contributed by atoms with Crippen LogP contribution in [0.25, 0.3) is 0 Å². The summed E-state index contributed by atoms with van der Waals surface area (Å²) in [5, 5.41) is 12.7. The molecule has 0 radical (unpaired) electrons. The van der Waals surface area contributed by atoms with Gasteiger partial charge in [0, 0.05) is 18.2 Å². The van der Waals surface area contributed by atoms with Gasteiger partial charge in [0.25, 0.3) is 0 Å². The zero-order chi connectivity index (χ0) is 17.1. The van der Waals surface area contributed by atoms with Crippen LogP contribution in [0.5, 0.6) is 17.2 Å². The largest absolute Gasteiger partial charge is 0.496 e. The Hall–Kier alpha value is -2.73. The van der Waals surface area contributed by atoms with E-state index in [1.807, 2.05) is 31.2 Å². The fourth-order valence-electron chi connectivity index (χ4n) is 2.67. The van der Waals surface area contributed by atoms with Crippen molar-refractivity contribution in [3.63, 3.8) is 0 Å². The lowest BCUT2D eigenvalue weighted by Crippen LogP contribution is -2.19. The molecule has 1 heterocycles. The van der Waals surface area contributed by atoms with Crippen molar-refractivity contribution in [2.45, 2.75) is 19.5 Å². The number of hydrogen-bond acceptors (Lipinski definition) is 5. The van der Waals surface area contributed by atoms with Gasteiger partial charge in [0.05, 0.1) is 7.11 Å². The first-order valence-corrected chi connectivity index (χ1v) is 7.62. The summed E-state index contributed by atoms with van der Waals surface area (Å²) in [6, 6.07) is 10.9. The Bertz CT molecular complexity index is 759. The molecule has 6 nitrogen and oxygen atoms in total. The van der Waals surface area contributed by atoms with Crippen molar-refractivity contribution < 1.29 is 24.1 Å². The number of para-hydroxylation sites is 1. The number of ether oxygens (including phenoxy) is 3. The molecule has 2 aromatic carbocycles. The lowest BCUT2D eigenvalue weighted by atomic mass is 10.0. The molecule has 0 amide bonds. The lowest BCUT2D eigenvalue weighted by molar-refractivity contribution is 0.0693. The number of rotatable bonds is 6. The van der Waals surface area contributed by atoms with Crippen LogP contribution >= 0.6 is 0 Å². The van der Waals surface area contributed by atoms with Crippen molar-refractivity contribution in [1.29, 1.82) is 0 Å². The van der Waals surface area contributed by atoms with Crippen LogP contribution < -0.4 is 19.5 Å². The van der Waals surface area contributed by atoms with Gasteiger partial charge in [-0.25, -0.2) is 4.79 Å². The molecule has 0 spiro atoms. The van der Waals surface area contributed by atoms with E-state index >= 15 is 0 Å². The Kier molecular flexibility index (Phi) is 4.57. The maximum Gasteiger partial charge on any atom is 0.339 e. The normalized spacial score (nSPS) is 13.6. The van der Waals surface area contributed by atoms with Crippen molar-refractivity contribution in [3.05, 3.63) is 53.1 Å². The van der Waals surface area contributed by atoms with Crippen LogP contribution in [0.1, 0.15) is 34.5 Å². The SMILES string of the molecule is COc1ccc([C@H](C)NCc2cccc3c2OCO3)cc1C(=O)O. The van der Waals surface area contributed by atoms with Crippen LogP contribution in [0.2, 0.25) is 0 Å². The Balaban J connectivity index is 1.74. The Morgan fingerprint density at radius 1 is 1.33 bits per heavy atom. The van der Waals surface area contributed by atoms with E-state index < -0.39 is 5.97 Å². The van der Waals surface area contributed by atoms with Gasteiger partial charge >= 0.3 is 5.97 Å². The molecule has 3 rings (SSSR count). The molecular formula is C18H19NO5. The molecule has 0 aromatic heterocycles. The van der Waals surface area contributed by atoms with E-state index in [1.165, 1.54) is 7.11 Å². The number of aromatic carboxylic acids is 1. The summed E-state index contributed by atoms with van der Waals surface area (Å²) in [5.74, 6) is 0.856. The highest BCUT2D eigenvalue weighted by atomic mass is 16.7. The van der Waals surface area contributed by atoms with Crippen LogP contribution in [-0.2, 0) is 6.54 Å². The second-order valence-corrected chi connectivity index (χ2v) is 5.52. The Morgan fingerprint density at radius 3 is 2.92 bits per heavy atom. The molecule has 126 valence electrons. The van der Waals surface area contributed by atoms with Crippen molar-refractivity contribution in [1.82, 2.24) is 5.32 Å². The van der Waals surface area contributed by atoms with Crippen LogP contribution in [0.4, 0.5) is 0 Å². The van der Waals surface area contributed by atoms with Gasteiger partial charge in [0.15, 0.2) is 11.5 Å². The summed E-state index contributed by atoms with van der Waals surface area (Å²) in [6.07, 6.45) is 0. The van der Waals surface area contributed by atoms with E-state index in [9.17, 15) is 9.90 Å². The van der Waals surface area contributed by atoms with Gasteiger partial charge < -0.3 is 24.6 Å². The van der Waals surface area contributed by atoms with Gasteiger partial charge in [0.2, 0.25) is 6.79 Å². The maximum absolute atomic E-state index is 11.3. The summed E-state index contributed by atoms with van der Waals surface area (Å²) in [6.45, 7) is 2.80. The summed E-state index contributed by atoms with van der Waals surface area (Å²) in [5.41, 5.74) is 2.03. The van der Waals surface area contributed by atoms with Crippen LogP contribution in [-0.4, -0.2) is 25.0 Å². The molecule has 24 heavy (non-hydrogen) atoms. The van der Waals surface area contributed by atoms with E-state index in [0.29, 0.717) is 12.3 Å². The number of methoxy groups -OCH3 is 1. The second-order valence-electron chi connectivity index (χ2n) is 5.52. The first kappa shape index (κ1) is 16.1. The molecule has 0 fully saturated rings. The fraction of sp³-hybridized carbons (Fsp3) is 0.278. The minimum atomic E-state index is -1.01. The topological polar surface area (TPSA) is 77.0 Å². The summed E-state index contributed by atoms with van der Waals surface area (Å²) in [7, 11) is 1.46. The predicted octanol–water partition coefficient (Wildman–Crippen LogP) is 2.97. The second kappa shape index (κ2) is 6.80. The molecule has 0 saturated heterocycles. The lowest BCUT2D eigenvalue weighted by Gasteiger charge is -2.16. The number of fused-ring (bicyclic) bond motifs is 1. The highest BCUT2D eigenvalue weighted by Gasteiger charge is 2.18. The van der Waals surface area contributed by atoms with Gasteiger partial charge in [-0.2, -0.15) is 0 Å². The third-order valence-electron chi connectivity index (χ3n) is 4.03. The number of nitrogens with one attached hydrogen (secondary N) is 1. The van der Waals surface area contributed by atoms with E-state index in [2.05, 4.69) is 5.32 Å². The zero-order valence-corrected chi connectivity index (χ0v) is 13.5. The number of hydrogen-bond donors (Lipinski definition) is 2. The van der Waals surface area contributed by atoms with Gasteiger partial charge in [-0.05, 0) is 30.7 Å². The van der Waals surface area contributed by atoms with E-state index in [0.717, 1.165) is 22.6 Å². The fourth-order valence-corrected chi connectivity index (χ4v) is 2.67. The monoisotopic (exact) mass is 329 g/mol. The standard InChI is InChI=1S/C18H19NO5/c1-11(12-6-7-15(22-2)14(8-12)18(20)21)19-9-13-4-3-5-16-17(13)24-10-23-16/h3-8,11,19H,9-10H2,1-2H3,(H,20,21)/t11-/m0/s1. The average molecular weight is 329 g/mol. The third-order valence-corrected chi connectivity index (χ3v) is 4.03. The molecule has 0 aliphatic carbocycles. The Labute approximate surface area is 140 Å². The minimum absolute atomic E-state index is 0.0350. The van der Waals surface area contributed by atoms with Crippen LogP contribution in [0.15, 0.2) is 36.4 Å². The predicted molar refractivity (Wildman–Crippen MR) is 87.8 cm³/mol. The van der Waals surface area contributed by atoms with E-state index in [4.69, 9.17) is 14.2 Å². The molecule has 1 atom stereocenters. The smallest absolute Gasteiger partial charge is 0.339 e. The quantitative estimate of drug-likeness (QED) is 0.848. The summed E-state index contributed by atoms with van der Waals surface area (Å²) < 4.78 is 16.0. The van der Waals surface area contributed by atoms with Crippen LogP contribution in [0, 0.1) is 0 Å². The van der Waals surface area contributed by atoms with Gasteiger partial charge in [-0.1, -0.05) is 18.2 Å². The van der Waals surface area contributed by atoms with E-state index in [-0.39, 0.29) is 18.4 Å². The van der Waals surface area contributed by atoms with E-state index in [1.54, 1.807) is 12.1 Å². The first-order valence-electron chi connectivity index (χ1n) is 7.62. The maximum atomic E-state index is 11.3. The van der Waals surface area contributed by atoms with Crippen molar-refractivity contribution in [3.8, 4) is 17.2 Å². The minimum Gasteiger partial charge on any atom is -0.496 e. The Morgan fingerprint density at radius 2 is 2.17 bits per heavy atom. The van der Waals surface area contributed by atoms with Crippen LogP contribution in [0.3, 0.4) is 0 Å². The number of carboxylic acid groups (broad SMARTS) is 1. The molecular weight excluding hydrogens is 310 g/mol. The van der Waals surface area contributed by atoms with Crippen molar-refractivity contribution >= 4 is 5.97 Å². The molecule has 1 aliphatic rings. The summed E-state index contributed by atoms with van der Waals surface area (Å²) >= 11 is 0. The number of benzene rings is 2. The molecule has 0 bridgehead atoms. The highest BCUT2D eigenvalue weighted by Crippen LogP contribution is 2.35. The molecule has 2 aromatic rings. The molecule has 6 heteroatoms. The zero-order valence-electron chi connectivity index (χ0n) is 13.5. The first-order chi connectivity index (χ1) is 11.6.